The van der Waals surface area contributed by atoms with Crippen LogP contribution in [-0.4, -0.2) is 42.5 Å². The van der Waals surface area contributed by atoms with Crippen LogP contribution in [0.15, 0.2) is 30.3 Å². The van der Waals surface area contributed by atoms with Crippen LogP contribution >= 0.6 is 0 Å². The van der Waals surface area contributed by atoms with Crippen molar-refractivity contribution in [1.82, 2.24) is 10.2 Å². The summed E-state index contributed by atoms with van der Waals surface area (Å²) in [5.41, 5.74) is 0.799. The fourth-order valence-corrected chi connectivity index (χ4v) is 3.48. The summed E-state index contributed by atoms with van der Waals surface area (Å²) in [7, 11) is 1.57. The van der Waals surface area contributed by atoms with Gasteiger partial charge < -0.3 is 15.0 Å². The van der Waals surface area contributed by atoms with E-state index in [1.54, 1.807) is 7.11 Å². The molecule has 0 aromatic heterocycles. The van der Waals surface area contributed by atoms with Crippen molar-refractivity contribution in [2.45, 2.75) is 37.3 Å². The molecule has 2 amide bonds. The SMILES string of the molecule is COC(C(=O)N1CCC2(CCC(=O)N2)CC1)c1ccccc1. The van der Waals surface area contributed by atoms with Gasteiger partial charge in [0.1, 0.15) is 0 Å². The Bertz CT molecular complexity index is 550. The second-order valence-corrected chi connectivity index (χ2v) is 6.18. The van der Waals surface area contributed by atoms with Crippen LogP contribution in [0.3, 0.4) is 0 Å². The first-order chi connectivity index (χ1) is 10.6. The van der Waals surface area contributed by atoms with Crippen molar-refractivity contribution in [3.8, 4) is 0 Å². The molecule has 118 valence electrons. The molecule has 2 saturated heterocycles. The number of carbonyl (C=O) groups excluding carboxylic acids is 2. The molecule has 0 radical (unpaired) electrons. The van der Waals surface area contributed by atoms with Gasteiger partial charge in [-0.3, -0.25) is 9.59 Å². The summed E-state index contributed by atoms with van der Waals surface area (Å²) in [6.07, 6.45) is 2.61. The van der Waals surface area contributed by atoms with Gasteiger partial charge in [0.2, 0.25) is 5.91 Å². The number of benzene rings is 1. The zero-order valence-corrected chi connectivity index (χ0v) is 12.9. The molecule has 0 saturated carbocycles. The maximum atomic E-state index is 12.7. The lowest BCUT2D eigenvalue weighted by atomic mass is 9.86. The molecular formula is C17H22N2O3. The average molecular weight is 302 g/mol. The lowest BCUT2D eigenvalue weighted by Gasteiger charge is -2.40. The molecule has 2 heterocycles. The van der Waals surface area contributed by atoms with Gasteiger partial charge in [0, 0.05) is 32.2 Å². The number of nitrogens with one attached hydrogen (secondary N) is 1. The molecule has 22 heavy (non-hydrogen) atoms. The topological polar surface area (TPSA) is 58.6 Å². The van der Waals surface area contributed by atoms with Crippen LogP contribution < -0.4 is 5.32 Å². The second kappa shape index (κ2) is 6.08. The van der Waals surface area contributed by atoms with E-state index in [0.717, 1.165) is 24.8 Å². The van der Waals surface area contributed by atoms with Crippen LogP contribution in [-0.2, 0) is 14.3 Å². The summed E-state index contributed by atoms with van der Waals surface area (Å²) < 4.78 is 5.42. The van der Waals surface area contributed by atoms with Crippen molar-refractivity contribution in [2.75, 3.05) is 20.2 Å². The number of nitrogens with zero attached hydrogens (tertiary/aromatic N) is 1. The molecule has 5 heteroatoms. The molecule has 0 bridgehead atoms. The second-order valence-electron chi connectivity index (χ2n) is 6.18. The van der Waals surface area contributed by atoms with Gasteiger partial charge in [-0.1, -0.05) is 30.3 Å². The maximum Gasteiger partial charge on any atom is 0.256 e. The molecule has 5 nitrogen and oxygen atoms in total. The monoisotopic (exact) mass is 302 g/mol. The van der Waals surface area contributed by atoms with E-state index in [9.17, 15) is 9.59 Å². The minimum atomic E-state index is -0.548. The van der Waals surface area contributed by atoms with Gasteiger partial charge in [-0.2, -0.15) is 0 Å². The molecule has 2 aliphatic heterocycles. The van der Waals surface area contributed by atoms with Gasteiger partial charge in [0.25, 0.3) is 5.91 Å². The number of hydrogen-bond donors (Lipinski definition) is 1. The van der Waals surface area contributed by atoms with E-state index in [0.29, 0.717) is 19.5 Å². The van der Waals surface area contributed by atoms with E-state index < -0.39 is 6.10 Å². The number of carbonyl (C=O) groups is 2. The zero-order valence-electron chi connectivity index (χ0n) is 12.9. The highest BCUT2D eigenvalue weighted by atomic mass is 16.5. The van der Waals surface area contributed by atoms with Crippen molar-refractivity contribution in [1.29, 1.82) is 0 Å². The molecule has 2 aliphatic rings. The van der Waals surface area contributed by atoms with Gasteiger partial charge in [-0.15, -0.1) is 0 Å². The van der Waals surface area contributed by atoms with Crippen LogP contribution in [0.1, 0.15) is 37.4 Å². The van der Waals surface area contributed by atoms with E-state index in [2.05, 4.69) is 5.32 Å². The van der Waals surface area contributed by atoms with E-state index in [4.69, 9.17) is 4.74 Å². The van der Waals surface area contributed by atoms with Crippen LogP contribution in [0, 0.1) is 0 Å². The standard InChI is InChI=1S/C17H22N2O3/c1-22-15(13-5-3-2-4-6-13)16(21)19-11-9-17(10-12-19)8-7-14(20)18-17/h2-6,15H,7-12H2,1H3,(H,18,20). The molecule has 1 aromatic rings. The fourth-order valence-electron chi connectivity index (χ4n) is 3.48. The van der Waals surface area contributed by atoms with Gasteiger partial charge in [-0.25, -0.2) is 0 Å². The van der Waals surface area contributed by atoms with Gasteiger partial charge in [-0.05, 0) is 24.8 Å². The van der Waals surface area contributed by atoms with Crippen molar-refractivity contribution >= 4 is 11.8 Å². The number of ether oxygens (including phenoxy) is 1. The third-order valence-corrected chi connectivity index (χ3v) is 4.83. The number of amides is 2. The normalized spacial score (nSPS) is 21.7. The minimum absolute atomic E-state index is 0.00729. The van der Waals surface area contributed by atoms with E-state index in [-0.39, 0.29) is 17.4 Å². The number of likely N-dealkylation sites (tertiary alicyclic amines) is 1. The Morgan fingerprint density at radius 3 is 2.45 bits per heavy atom. The van der Waals surface area contributed by atoms with Crippen LogP contribution in [0.4, 0.5) is 0 Å². The summed E-state index contributed by atoms with van der Waals surface area (Å²) in [5, 5.41) is 3.10. The highest BCUT2D eigenvalue weighted by Crippen LogP contribution is 2.32. The Labute approximate surface area is 130 Å². The summed E-state index contributed by atoms with van der Waals surface area (Å²) in [6, 6.07) is 9.57. The Morgan fingerprint density at radius 2 is 1.91 bits per heavy atom. The van der Waals surface area contributed by atoms with Crippen molar-refractivity contribution in [2.24, 2.45) is 0 Å². The molecule has 1 aromatic carbocycles. The van der Waals surface area contributed by atoms with Crippen molar-refractivity contribution in [3.63, 3.8) is 0 Å². The molecule has 2 fully saturated rings. The Hall–Kier alpha value is -1.88. The quantitative estimate of drug-likeness (QED) is 0.923. The van der Waals surface area contributed by atoms with Crippen LogP contribution in [0.25, 0.3) is 0 Å². The highest BCUT2D eigenvalue weighted by Gasteiger charge is 2.41. The number of methoxy groups -OCH3 is 1. The summed E-state index contributed by atoms with van der Waals surface area (Å²) in [6.45, 7) is 1.34. The summed E-state index contributed by atoms with van der Waals surface area (Å²) in [5.74, 6) is 0.145. The Kier molecular flexibility index (Phi) is 4.16. The number of piperidine rings is 1. The maximum absolute atomic E-state index is 12.7. The van der Waals surface area contributed by atoms with Gasteiger partial charge in [0.15, 0.2) is 6.10 Å². The molecule has 0 aliphatic carbocycles. The lowest BCUT2D eigenvalue weighted by molar-refractivity contribution is -0.144. The minimum Gasteiger partial charge on any atom is -0.367 e. The first kappa shape index (κ1) is 15.0. The number of hydrogen-bond acceptors (Lipinski definition) is 3. The molecule has 3 rings (SSSR count). The first-order valence-electron chi connectivity index (χ1n) is 7.81. The third-order valence-electron chi connectivity index (χ3n) is 4.83. The molecule has 1 unspecified atom stereocenters. The highest BCUT2D eigenvalue weighted by molar-refractivity contribution is 5.83. The molecule has 1 spiro atoms. The van der Waals surface area contributed by atoms with Crippen LogP contribution in [0.2, 0.25) is 0 Å². The molecule has 1 N–H and O–H groups in total. The van der Waals surface area contributed by atoms with Gasteiger partial charge in [0.05, 0.1) is 0 Å². The smallest absolute Gasteiger partial charge is 0.256 e. The average Bonchev–Trinajstić information content (AvgIpc) is 2.90. The van der Waals surface area contributed by atoms with E-state index in [1.165, 1.54) is 0 Å². The number of rotatable bonds is 3. The van der Waals surface area contributed by atoms with E-state index >= 15 is 0 Å². The van der Waals surface area contributed by atoms with Crippen molar-refractivity contribution in [3.05, 3.63) is 35.9 Å². The predicted octanol–water partition coefficient (Wildman–Crippen LogP) is 1.65. The van der Waals surface area contributed by atoms with Crippen LogP contribution in [0.5, 0.6) is 0 Å². The lowest BCUT2D eigenvalue weighted by Crippen LogP contribution is -2.53. The largest absolute Gasteiger partial charge is 0.367 e. The molecule has 1 atom stereocenters. The first-order valence-corrected chi connectivity index (χ1v) is 7.81. The third kappa shape index (κ3) is 2.86. The summed E-state index contributed by atoms with van der Waals surface area (Å²) >= 11 is 0. The molecular weight excluding hydrogens is 280 g/mol. The van der Waals surface area contributed by atoms with E-state index in [1.807, 2.05) is 35.2 Å². The Balaban J connectivity index is 1.65. The Morgan fingerprint density at radius 1 is 1.23 bits per heavy atom. The predicted molar refractivity (Wildman–Crippen MR) is 82.1 cm³/mol. The zero-order chi connectivity index (χ0) is 15.6. The fraction of sp³-hybridized carbons (Fsp3) is 0.529. The van der Waals surface area contributed by atoms with Gasteiger partial charge >= 0.3 is 0 Å². The van der Waals surface area contributed by atoms with Crippen molar-refractivity contribution < 1.29 is 14.3 Å². The summed E-state index contributed by atoms with van der Waals surface area (Å²) in [4.78, 5) is 26.0.